The molecular formula is C4H12Cl2N2O. The summed E-state index contributed by atoms with van der Waals surface area (Å²) in [5, 5.41) is 0. The number of nitrogens with two attached hydrogens (primary N) is 2. The van der Waals surface area contributed by atoms with Gasteiger partial charge in [0.2, 0.25) is 5.91 Å². The van der Waals surface area contributed by atoms with Crippen molar-refractivity contribution in [2.24, 2.45) is 11.5 Å². The fourth-order valence-corrected chi connectivity index (χ4v) is 0.201. The second-order valence-electron chi connectivity index (χ2n) is 1.42. The van der Waals surface area contributed by atoms with E-state index in [1.807, 2.05) is 6.92 Å². The van der Waals surface area contributed by atoms with E-state index in [-0.39, 0.29) is 24.8 Å². The standard InChI is InChI=1S/C4H10N2O.2ClH/c1-2-3(5)4(6)7;;/h3H,2,5H2,1H3,(H2,6,7);2*1H. The fraction of sp³-hybridized carbons (Fsp3) is 0.750. The lowest BCUT2D eigenvalue weighted by molar-refractivity contribution is -0.119. The Kier molecular flexibility index (Phi) is 14.2. The average Bonchev–Trinajstić information content (AvgIpc) is 1.65. The highest BCUT2D eigenvalue weighted by molar-refractivity contribution is 5.85. The minimum atomic E-state index is -0.458. The third kappa shape index (κ3) is 8.01. The Labute approximate surface area is 67.0 Å². The lowest BCUT2D eigenvalue weighted by Gasteiger charge is -1.98. The SMILES string of the molecule is CCC(N)C(N)=O.Cl.Cl. The van der Waals surface area contributed by atoms with Gasteiger partial charge in [-0.2, -0.15) is 0 Å². The van der Waals surface area contributed by atoms with Crippen molar-refractivity contribution in [3.8, 4) is 0 Å². The number of hydrogen-bond acceptors (Lipinski definition) is 2. The summed E-state index contributed by atoms with van der Waals surface area (Å²) >= 11 is 0. The van der Waals surface area contributed by atoms with E-state index < -0.39 is 11.9 Å². The number of halogens is 2. The Morgan fingerprint density at radius 2 is 1.89 bits per heavy atom. The van der Waals surface area contributed by atoms with E-state index >= 15 is 0 Å². The second kappa shape index (κ2) is 8.01. The van der Waals surface area contributed by atoms with Gasteiger partial charge in [0.25, 0.3) is 0 Å². The van der Waals surface area contributed by atoms with Gasteiger partial charge < -0.3 is 11.5 Å². The number of amides is 1. The zero-order valence-corrected chi connectivity index (χ0v) is 6.80. The second-order valence-corrected chi connectivity index (χ2v) is 1.42. The molecule has 4 N–H and O–H groups in total. The van der Waals surface area contributed by atoms with E-state index in [1.54, 1.807) is 0 Å². The largest absolute Gasteiger partial charge is 0.368 e. The summed E-state index contributed by atoms with van der Waals surface area (Å²) in [6.45, 7) is 1.81. The topological polar surface area (TPSA) is 69.1 Å². The van der Waals surface area contributed by atoms with Crippen molar-refractivity contribution < 1.29 is 4.79 Å². The highest BCUT2D eigenvalue weighted by Crippen LogP contribution is 1.80. The lowest BCUT2D eigenvalue weighted by Crippen LogP contribution is -2.35. The molecule has 0 aromatic rings. The molecule has 0 spiro atoms. The molecule has 0 bridgehead atoms. The number of carbonyl (C=O) groups excluding carboxylic acids is 1. The van der Waals surface area contributed by atoms with Gasteiger partial charge in [-0.3, -0.25) is 4.79 Å². The van der Waals surface area contributed by atoms with Crippen LogP contribution in [0.4, 0.5) is 0 Å². The molecular weight excluding hydrogens is 163 g/mol. The normalized spacial score (nSPS) is 10.4. The first-order chi connectivity index (χ1) is 3.18. The first-order valence-corrected chi connectivity index (χ1v) is 2.23. The van der Waals surface area contributed by atoms with Gasteiger partial charge >= 0.3 is 0 Å². The molecule has 1 amide bonds. The van der Waals surface area contributed by atoms with Crippen LogP contribution >= 0.6 is 24.8 Å². The summed E-state index contributed by atoms with van der Waals surface area (Å²) in [4.78, 5) is 10.0. The van der Waals surface area contributed by atoms with Gasteiger partial charge in [-0.25, -0.2) is 0 Å². The van der Waals surface area contributed by atoms with Gasteiger partial charge in [-0.05, 0) is 6.42 Å². The summed E-state index contributed by atoms with van der Waals surface area (Å²) in [6.07, 6.45) is 0.620. The molecule has 1 unspecified atom stereocenters. The molecule has 1 atom stereocenters. The number of primary amides is 1. The van der Waals surface area contributed by atoms with Gasteiger partial charge in [-0.1, -0.05) is 6.92 Å². The van der Waals surface area contributed by atoms with Crippen molar-refractivity contribution >= 4 is 30.7 Å². The van der Waals surface area contributed by atoms with E-state index in [0.717, 1.165) is 0 Å². The van der Waals surface area contributed by atoms with Crippen LogP contribution in [0.2, 0.25) is 0 Å². The van der Waals surface area contributed by atoms with Crippen molar-refractivity contribution in [3.05, 3.63) is 0 Å². The molecule has 0 aromatic heterocycles. The van der Waals surface area contributed by atoms with Gasteiger partial charge in [0.05, 0.1) is 6.04 Å². The highest BCUT2D eigenvalue weighted by atomic mass is 35.5. The van der Waals surface area contributed by atoms with Crippen LogP contribution in [-0.2, 0) is 4.79 Å². The van der Waals surface area contributed by atoms with E-state index in [0.29, 0.717) is 6.42 Å². The van der Waals surface area contributed by atoms with Crippen molar-refractivity contribution in [2.75, 3.05) is 0 Å². The van der Waals surface area contributed by atoms with E-state index in [4.69, 9.17) is 11.5 Å². The summed E-state index contributed by atoms with van der Waals surface area (Å²) in [6, 6.07) is -0.458. The summed E-state index contributed by atoms with van der Waals surface area (Å²) < 4.78 is 0. The van der Waals surface area contributed by atoms with Crippen LogP contribution < -0.4 is 11.5 Å². The maximum absolute atomic E-state index is 10.0. The quantitative estimate of drug-likeness (QED) is 0.622. The number of hydrogen-bond donors (Lipinski definition) is 2. The molecule has 0 saturated carbocycles. The maximum atomic E-state index is 10.0. The Bertz CT molecular complexity index is 79.0. The third-order valence-electron chi connectivity index (χ3n) is 0.805. The van der Waals surface area contributed by atoms with Crippen molar-refractivity contribution in [1.29, 1.82) is 0 Å². The van der Waals surface area contributed by atoms with E-state index in [2.05, 4.69) is 0 Å². The highest BCUT2D eigenvalue weighted by Gasteiger charge is 2.02. The number of carbonyl (C=O) groups is 1. The zero-order chi connectivity index (χ0) is 5.86. The first-order valence-electron chi connectivity index (χ1n) is 2.23. The van der Waals surface area contributed by atoms with Crippen LogP contribution in [0.15, 0.2) is 0 Å². The minimum absolute atomic E-state index is 0. The molecule has 0 aliphatic heterocycles. The Morgan fingerprint density at radius 3 is 1.89 bits per heavy atom. The molecule has 0 aliphatic carbocycles. The molecule has 58 valence electrons. The monoisotopic (exact) mass is 174 g/mol. The lowest BCUT2D eigenvalue weighted by atomic mass is 10.2. The summed E-state index contributed by atoms with van der Waals surface area (Å²) in [5.74, 6) is -0.428. The van der Waals surface area contributed by atoms with Crippen LogP contribution in [0.25, 0.3) is 0 Å². The Morgan fingerprint density at radius 1 is 1.56 bits per heavy atom. The first kappa shape index (κ1) is 16.0. The molecule has 3 nitrogen and oxygen atoms in total. The smallest absolute Gasteiger partial charge is 0.234 e. The third-order valence-corrected chi connectivity index (χ3v) is 0.805. The minimum Gasteiger partial charge on any atom is -0.368 e. The Hall–Kier alpha value is 0.01000. The fourth-order valence-electron chi connectivity index (χ4n) is 0.201. The predicted molar refractivity (Wildman–Crippen MR) is 42.0 cm³/mol. The summed E-state index contributed by atoms with van der Waals surface area (Å²) in [5.41, 5.74) is 9.92. The van der Waals surface area contributed by atoms with Crippen molar-refractivity contribution in [1.82, 2.24) is 0 Å². The number of rotatable bonds is 2. The van der Waals surface area contributed by atoms with Crippen LogP contribution in [0.3, 0.4) is 0 Å². The average molecular weight is 175 g/mol. The van der Waals surface area contributed by atoms with Crippen molar-refractivity contribution in [3.63, 3.8) is 0 Å². The van der Waals surface area contributed by atoms with E-state index in [1.165, 1.54) is 0 Å². The van der Waals surface area contributed by atoms with Gasteiger partial charge in [0.15, 0.2) is 0 Å². The molecule has 0 heterocycles. The molecule has 0 aliphatic rings. The zero-order valence-electron chi connectivity index (χ0n) is 5.16. The predicted octanol–water partition coefficient (Wildman–Crippen LogP) is 0.0526. The van der Waals surface area contributed by atoms with Crippen molar-refractivity contribution in [2.45, 2.75) is 19.4 Å². The molecule has 0 radical (unpaired) electrons. The van der Waals surface area contributed by atoms with Gasteiger partial charge in [-0.15, -0.1) is 24.8 Å². The van der Waals surface area contributed by atoms with Gasteiger partial charge in [0.1, 0.15) is 0 Å². The Balaban J connectivity index is -0.000000180. The van der Waals surface area contributed by atoms with E-state index in [9.17, 15) is 4.79 Å². The maximum Gasteiger partial charge on any atom is 0.234 e. The van der Waals surface area contributed by atoms with Crippen LogP contribution in [0.1, 0.15) is 13.3 Å². The van der Waals surface area contributed by atoms with Crippen LogP contribution in [-0.4, -0.2) is 11.9 Å². The van der Waals surface area contributed by atoms with Crippen LogP contribution in [0, 0.1) is 0 Å². The molecule has 9 heavy (non-hydrogen) atoms. The van der Waals surface area contributed by atoms with Crippen LogP contribution in [0.5, 0.6) is 0 Å². The molecule has 0 saturated heterocycles. The summed E-state index contributed by atoms with van der Waals surface area (Å²) in [7, 11) is 0. The molecule has 0 rings (SSSR count). The molecule has 5 heteroatoms. The van der Waals surface area contributed by atoms with Gasteiger partial charge in [0, 0.05) is 0 Å². The molecule has 0 aromatic carbocycles. The molecule has 0 fully saturated rings.